The second kappa shape index (κ2) is 9.31. The summed E-state index contributed by atoms with van der Waals surface area (Å²) in [6.45, 7) is 0. The third-order valence-electron chi connectivity index (χ3n) is 5.28. The molecule has 0 amide bonds. The van der Waals surface area contributed by atoms with E-state index in [1.165, 1.54) is 0 Å². The first kappa shape index (κ1) is 21.0. The third kappa shape index (κ3) is 4.38. The molecule has 0 N–H and O–H groups in total. The minimum absolute atomic E-state index is 0.418. The lowest BCUT2D eigenvalue weighted by molar-refractivity contribution is 0.0693. The van der Waals surface area contributed by atoms with Crippen LogP contribution in [0.4, 0.5) is 0 Å². The number of hydrogen-bond donors (Lipinski definition) is 0. The Morgan fingerprint density at radius 3 is 2.00 bits per heavy atom. The van der Waals surface area contributed by atoms with Gasteiger partial charge in [0.2, 0.25) is 0 Å². The van der Waals surface area contributed by atoms with Crippen molar-refractivity contribution >= 4 is 44.7 Å². The van der Waals surface area contributed by atoms with Crippen molar-refractivity contribution < 1.29 is 13.9 Å². The minimum Gasteiger partial charge on any atom is -0.455 e. The number of carbonyl (C=O) groups is 1. The normalized spacial score (nSPS) is 11.5. The van der Waals surface area contributed by atoms with Crippen LogP contribution in [-0.2, 0) is 4.74 Å². The Bertz CT molecular complexity index is 1440. The van der Waals surface area contributed by atoms with Crippen LogP contribution in [-0.4, -0.2) is 5.97 Å². The van der Waals surface area contributed by atoms with E-state index in [0.29, 0.717) is 17.1 Å². The number of hydrogen-bond acceptors (Lipinski definition) is 3. The molecule has 0 saturated heterocycles. The molecule has 4 heteroatoms. The zero-order chi connectivity index (χ0) is 22.6. The first-order valence-corrected chi connectivity index (χ1v) is 11.3. The largest absolute Gasteiger partial charge is 0.455 e. The first-order chi connectivity index (χ1) is 16.2. The van der Waals surface area contributed by atoms with E-state index in [1.807, 2.05) is 103 Å². The van der Waals surface area contributed by atoms with E-state index in [0.717, 1.165) is 32.1 Å². The summed E-state index contributed by atoms with van der Waals surface area (Å²) in [6, 6.07) is 34.3. The standard InChI is InChI=1S/C29H19BrO3/c30-24-17-10-18-25-27(24)23(28(32-25)21-13-6-2-7-14-21)19-26(20-11-4-1-5-12-20)33-29(31)22-15-8-3-9-16-22/h1-19H/b26-19-. The summed E-state index contributed by atoms with van der Waals surface area (Å²) in [5.41, 5.74) is 3.80. The van der Waals surface area contributed by atoms with Crippen molar-refractivity contribution in [3.8, 4) is 11.3 Å². The van der Waals surface area contributed by atoms with Crippen molar-refractivity contribution in [1.82, 2.24) is 0 Å². The summed E-state index contributed by atoms with van der Waals surface area (Å²) < 4.78 is 13.1. The molecule has 5 rings (SSSR count). The molecule has 1 aromatic heterocycles. The Balaban J connectivity index is 1.71. The molecular weight excluding hydrogens is 476 g/mol. The second-order valence-corrected chi connectivity index (χ2v) is 8.31. The molecule has 5 aromatic rings. The van der Waals surface area contributed by atoms with E-state index in [1.54, 1.807) is 12.1 Å². The highest BCUT2D eigenvalue weighted by molar-refractivity contribution is 9.10. The van der Waals surface area contributed by atoms with Crippen molar-refractivity contribution in [1.29, 1.82) is 0 Å². The number of benzene rings is 4. The average molecular weight is 495 g/mol. The molecule has 0 unspecified atom stereocenters. The topological polar surface area (TPSA) is 39.4 Å². The SMILES string of the molecule is O=C(O/C(=C\c1c(-c2ccccc2)oc2cccc(Br)c12)c1ccccc1)c1ccccc1. The highest BCUT2D eigenvalue weighted by Crippen LogP contribution is 2.39. The Kier molecular flexibility index (Phi) is 5.92. The molecular formula is C29H19BrO3. The molecule has 0 radical (unpaired) electrons. The molecule has 0 spiro atoms. The van der Waals surface area contributed by atoms with Crippen LogP contribution in [0.2, 0.25) is 0 Å². The lowest BCUT2D eigenvalue weighted by atomic mass is 10.0. The van der Waals surface area contributed by atoms with Crippen molar-refractivity contribution in [3.63, 3.8) is 0 Å². The molecule has 160 valence electrons. The van der Waals surface area contributed by atoms with Gasteiger partial charge in [-0.05, 0) is 30.3 Å². The molecule has 0 saturated carbocycles. The van der Waals surface area contributed by atoms with Crippen molar-refractivity contribution in [2.45, 2.75) is 0 Å². The van der Waals surface area contributed by atoms with Gasteiger partial charge >= 0.3 is 5.97 Å². The van der Waals surface area contributed by atoms with Gasteiger partial charge in [-0.3, -0.25) is 0 Å². The fraction of sp³-hybridized carbons (Fsp3) is 0. The predicted octanol–water partition coefficient (Wildman–Crippen LogP) is 8.22. The van der Waals surface area contributed by atoms with Gasteiger partial charge < -0.3 is 9.15 Å². The van der Waals surface area contributed by atoms with Crippen LogP contribution in [0.15, 0.2) is 118 Å². The van der Waals surface area contributed by atoms with Crippen LogP contribution in [0.25, 0.3) is 34.1 Å². The number of halogens is 1. The van der Waals surface area contributed by atoms with Crippen LogP contribution in [0.3, 0.4) is 0 Å². The van der Waals surface area contributed by atoms with Gasteiger partial charge in [-0.2, -0.15) is 0 Å². The van der Waals surface area contributed by atoms with Crippen LogP contribution in [0.1, 0.15) is 21.5 Å². The Labute approximate surface area is 200 Å². The zero-order valence-electron chi connectivity index (χ0n) is 17.6. The maximum Gasteiger partial charge on any atom is 0.343 e. The molecule has 0 bridgehead atoms. The molecule has 1 heterocycles. The zero-order valence-corrected chi connectivity index (χ0v) is 19.2. The second-order valence-electron chi connectivity index (χ2n) is 7.45. The molecule has 0 atom stereocenters. The number of rotatable bonds is 5. The van der Waals surface area contributed by atoms with E-state index >= 15 is 0 Å². The van der Waals surface area contributed by atoms with E-state index in [4.69, 9.17) is 9.15 Å². The van der Waals surface area contributed by atoms with Gasteiger partial charge in [0.1, 0.15) is 17.1 Å². The van der Waals surface area contributed by atoms with Crippen LogP contribution < -0.4 is 0 Å². The van der Waals surface area contributed by atoms with Crippen molar-refractivity contribution in [2.24, 2.45) is 0 Å². The summed E-state index contributed by atoms with van der Waals surface area (Å²) in [5, 5.41) is 0.917. The number of esters is 1. The summed E-state index contributed by atoms with van der Waals surface area (Å²) in [6.07, 6.45) is 1.88. The predicted molar refractivity (Wildman–Crippen MR) is 136 cm³/mol. The fourth-order valence-corrected chi connectivity index (χ4v) is 4.27. The maximum absolute atomic E-state index is 12.9. The summed E-state index contributed by atoms with van der Waals surface area (Å²) in [7, 11) is 0. The number of carbonyl (C=O) groups excluding carboxylic acids is 1. The van der Waals surface area contributed by atoms with Gasteiger partial charge in [-0.25, -0.2) is 4.79 Å². The Morgan fingerprint density at radius 2 is 1.33 bits per heavy atom. The molecule has 0 aliphatic carbocycles. The summed E-state index contributed by atoms with van der Waals surface area (Å²) >= 11 is 3.67. The quantitative estimate of drug-likeness (QED) is 0.182. The minimum atomic E-state index is -0.418. The van der Waals surface area contributed by atoms with Gasteiger partial charge in [-0.15, -0.1) is 0 Å². The van der Waals surface area contributed by atoms with Gasteiger partial charge in [0.25, 0.3) is 0 Å². The van der Waals surface area contributed by atoms with Gasteiger partial charge in [-0.1, -0.05) is 101 Å². The van der Waals surface area contributed by atoms with E-state index in [2.05, 4.69) is 15.9 Å². The van der Waals surface area contributed by atoms with Crippen LogP contribution >= 0.6 is 15.9 Å². The Morgan fingerprint density at radius 1 is 0.727 bits per heavy atom. The van der Waals surface area contributed by atoms with Crippen LogP contribution in [0.5, 0.6) is 0 Å². The maximum atomic E-state index is 12.9. The van der Waals surface area contributed by atoms with E-state index in [9.17, 15) is 4.79 Å². The fourth-order valence-electron chi connectivity index (χ4n) is 3.71. The molecule has 33 heavy (non-hydrogen) atoms. The summed E-state index contributed by atoms with van der Waals surface area (Å²) in [5.74, 6) is 0.737. The first-order valence-electron chi connectivity index (χ1n) is 10.5. The Hall–Kier alpha value is -3.89. The van der Waals surface area contributed by atoms with Gasteiger partial charge in [0, 0.05) is 26.5 Å². The highest BCUT2D eigenvalue weighted by Gasteiger charge is 2.19. The number of furan rings is 1. The van der Waals surface area contributed by atoms with Crippen molar-refractivity contribution in [2.75, 3.05) is 0 Å². The van der Waals surface area contributed by atoms with E-state index < -0.39 is 5.97 Å². The molecule has 0 aliphatic heterocycles. The van der Waals surface area contributed by atoms with Crippen molar-refractivity contribution in [3.05, 3.63) is 130 Å². The van der Waals surface area contributed by atoms with Gasteiger partial charge in [0.15, 0.2) is 0 Å². The smallest absolute Gasteiger partial charge is 0.343 e. The number of fused-ring (bicyclic) bond motifs is 1. The lowest BCUT2D eigenvalue weighted by Gasteiger charge is -2.10. The molecule has 0 aliphatic rings. The highest BCUT2D eigenvalue weighted by atomic mass is 79.9. The third-order valence-corrected chi connectivity index (χ3v) is 5.94. The average Bonchev–Trinajstić information content (AvgIpc) is 3.25. The van der Waals surface area contributed by atoms with Crippen LogP contribution in [0, 0.1) is 0 Å². The van der Waals surface area contributed by atoms with E-state index in [-0.39, 0.29) is 0 Å². The molecule has 3 nitrogen and oxygen atoms in total. The monoisotopic (exact) mass is 494 g/mol. The summed E-state index contributed by atoms with van der Waals surface area (Å²) in [4.78, 5) is 12.9. The number of ether oxygens (including phenoxy) is 1. The molecule has 0 fully saturated rings. The molecule has 4 aromatic carbocycles. The lowest BCUT2D eigenvalue weighted by Crippen LogP contribution is -2.04. The van der Waals surface area contributed by atoms with Gasteiger partial charge in [0.05, 0.1) is 5.56 Å².